The average Bonchev–Trinajstić information content (AvgIpc) is 2.79. The molecule has 5 nitrogen and oxygen atoms in total. The summed E-state index contributed by atoms with van der Waals surface area (Å²) in [6, 6.07) is 16.0. The predicted molar refractivity (Wildman–Crippen MR) is 118 cm³/mol. The molecule has 0 fully saturated rings. The monoisotopic (exact) mass is 404 g/mol. The van der Waals surface area contributed by atoms with E-state index in [1.807, 2.05) is 24.5 Å². The Kier molecular flexibility index (Phi) is 7.55. The third-order valence-electron chi connectivity index (χ3n) is 4.80. The van der Waals surface area contributed by atoms with Gasteiger partial charge >= 0.3 is 5.97 Å². The number of aryl methyl sites for hydroxylation is 1. The van der Waals surface area contributed by atoms with E-state index in [-0.39, 0.29) is 5.97 Å². The topological polar surface area (TPSA) is 61.3 Å². The number of benzene rings is 2. The summed E-state index contributed by atoms with van der Waals surface area (Å²) in [5.74, 6) is 0.862. The molecule has 0 bridgehead atoms. The molecule has 3 rings (SSSR count). The van der Waals surface area contributed by atoms with Crippen molar-refractivity contribution in [1.82, 2.24) is 9.97 Å². The average molecular weight is 405 g/mol. The van der Waals surface area contributed by atoms with E-state index in [0.717, 1.165) is 23.1 Å². The molecule has 0 aliphatic heterocycles. The van der Waals surface area contributed by atoms with Gasteiger partial charge in [0.2, 0.25) is 0 Å². The highest BCUT2D eigenvalue weighted by atomic mass is 16.6. The number of unbranched alkanes of at least 4 members (excludes halogenated alkanes) is 1. The number of carbonyl (C=O) groups is 1. The lowest BCUT2D eigenvalue weighted by atomic mass is 10.0. The fourth-order valence-corrected chi connectivity index (χ4v) is 3.07. The summed E-state index contributed by atoms with van der Waals surface area (Å²) in [6.07, 6.45) is 6.56. The molecule has 1 unspecified atom stereocenters. The van der Waals surface area contributed by atoms with Crippen LogP contribution in [0.15, 0.2) is 60.9 Å². The first-order valence-electron chi connectivity index (χ1n) is 10.5. The molecule has 1 aromatic heterocycles. The van der Waals surface area contributed by atoms with Gasteiger partial charge in [-0.05, 0) is 62.1 Å². The van der Waals surface area contributed by atoms with Gasteiger partial charge in [-0.15, -0.1) is 0 Å². The van der Waals surface area contributed by atoms with Crippen molar-refractivity contribution in [2.24, 2.45) is 0 Å². The minimum Gasteiger partial charge on any atom is -0.479 e. The maximum absolute atomic E-state index is 11.7. The van der Waals surface area contributed by atoms with Gasteiger partial charge in [0.15, 0.2) is 11.9 Å². The van der Waals surface area contributed by atoms with Gasteiger partial charge in [-0.3, -0.25) is 0 Å². The fourth-order valence-electron chi connectivity index (χ4n) is 3.07. The van der Waals surface area contributed by atoms with Crippen LogP contribution in [0.2, 0.25) is 0 Å². The number of esters is 1. The van der Waals surface area contributed by atoms with Crippen LogP contribution in [0.5, 0.6) is 5.75 Å². The Bertz CT molecular complexity index is 936. The minimum absolute atomic E-state index is 0.335. The van der Waals surface area contributed by atoms with Gasteiger partial charge in [-0.25, -0.2) is 14.8 Å². The maximum atomic E-state index is 11.7. The summed E-state index contributed by atoms with van der Waals surface area (Å²) < 4.78 is 10.6. The smallest absolute Gasteiger partial charge is 0.347 e. The molecule has 0 aliphatic carbocycles. The van der Waals surface area contributed by atoms with Crippen molar-refractivity contribution in [3.8, 4) is 28.3 Å². The number of hydrogen-bond acceptors (Lipinski definition) is 5. The molecule has 5 heteroatoms. The molecule has 0 N–H and O–H groups in total. The quantitative estimate of drug-likeness (QED) is 0.442. The lowest BCUT2D eigenvalue weighted by Crippen LogP contribution is -2.25. The van der Waals surface area contributed by atoms with E-state index in [1.165, 1.54) is 18.4 Å². The van der Waals surface area contributed by atoms with Gasteiger partial charge in [0.25, 0.3) is 0 Å². The van der Waals surface area contributed by atoms with Crippen LogP contribution >= 0.6 is 0 Å². The highest BCUT2D eigenvalue weighted by Gasteiger charge is 2.15. The molecule has 0 saturated heterocycles. The maximum Gasteiger partial charge on any atom is 0.347 e. The molecule has 3 aromatic rings. The second-order valence-electron chi connectivity index (χ2n) is 7.13. The van der Waals surface area contributed by atoms with Crippen molar-refractivity contribution in [3.63, 3.8) is 0 Å². The van der Waals surface area contributed by atoms with E-state index in [4.69, 9.17) is 9.47 Å². The standard InChI is InChI=1S/C25H28N2O3/c1-4-6-7-19-8-10-20(11-9-19)22-16-26-24(27-17-22)21-12-14-23(15-13-21)30-18(3)25(28)29-5-2/h8-18H,4-7H2,1-3H3. The zero-order chi connectivity index (χ0) is 21.3. The molecule has 156 valence electrons. The van der Waals surface area contributed by atoms with Crippen LogP contribution in [0.4, 0.5) is 0 Å². The van der Waals surface area contributed by atoms with E-state index in [2.05, 4.69) is 41.2 Å². The number of rotatable bonds is 9. The molecule has 2 aromatic carbocycles. The zero-order valence-electron chi connectivity index (χ0n) is 17.8. The van der Waals surface area contributed by atoms with E-state index in [0.29, 0.717) is 18.2 Å². The molecular weight excluding hydrogens is 376 g/mol. The van der Waals surface area contributed by atoms with Crippen molar-refractivity contribution >= 4 is 5.97 Å². The van der Waals surface area contributed by atoms with Gasteiger partial charge in [0.05, 0.1) is 6.61 Å². The Balaban J connectivity index is 1.65. The normalized spacial score (nSPS) is 11.7. The van der Waals surface area contributed by atoms with Crippen LogP contribution in [0.1, 0.15) is 39.2 Å². The number of aromatic nitrogens is 2. The number of nitrogens with zero attached hydrogens (tertiary/aromatic N) is 2. The van der Waals surface area contributed by atoms with Gasteiger partial charge in [-0.1, -0.05) is 37.6 Å². The number of hydrogen-bond donors (Lipinski definition) is 0. The summed E-state index contributed by atoms with van der Waals surface area (Å²) in [5.41, 5.74) is 4.34. The fraction of sp³-hybridized carbons (Fsp3) is 0.320. The van der Waals surface area contributed by atoms with Gasteiger partial charge < -0.3 is 9.47 Å². The molecule has 0 radical (unpaired) electrons. The molecule has 1 atom stereocenters. The van der Waals surface area contributed by atoms with E-state index in [1.54, 1.807) is 26.0 Å². The highest BCUT2D eigenvalue weighted by Crippen LogP contribution is 2.23. The van der Waals surface area contributed by atoms with Crippen LogP contribution in [0, 0.1) is 0 Å². The molecule has 0 aliphatic rings. The van der Waals surface area contributed by atoms with Crippen molar-refractivity contribution in [2.75, 3.05) is 6.61 Å². The molecule has 30 heavy (non-hydrogen) atoms. The van der Waals surface area contributed by atoms with Gasteiger partial charge in [0.1, 0.15) is 5.75 Å². The van der Waals surface area contributed by atoms with Crippen molar-refractivity contribution in [1.29, 1.82) is 0 Å². The third-order valence-corrected chi connectivity index (χ3v) is 4.80. The lowest BCUT2D eigenvalue weighted by molar-refractivity contribution is -0.150. The van der Waals surface area contributed by atoms with E-state index < -0.39 is 6.10 Å². The van der Waals surface area contributed by atoms with Gasteiger partial charge in [-0.2, -0.15) is 0 Å². The van der Waals surface area contributed by atoms with Crippen molar-refractivity contribution < 1.29 is 14.3 Å². The molecule has 0 spiro atoms. The van der Waals surface area contributed by atoms with E-state index >= 15 is 0 Å². The first-order chi connectivity index (χ1) is 14.6. The van der Waals surface area contributed by atoms with Crippen LogP contribution in [-0.4, -0.2) is 28.6 Å². The van der Waals surface area contributed by atoms with Crippen LogP contribution in [-0.2, 0) is 16.0 Å². The number of ether oxygens (including phenoxy) is 2. The molecular formula is C25H28N2O3. The highest BCUT2D eigenvalue weighted by molar-refractivity contribution is 5.74. The summed E-state index contributed by atoms with van der Waals surface area (Å²) in [5, 5.41) is 0. The van der Waals surface area contributed by atoms with Crippen molar-refractivity contribution in [2.45, 2.75) is 46.1 Å². The Morgan fingerprint density at radius 3 is 2.13 bits per heavy atom. The first-order valence-corrected chi connectivity index (χ1v) is 10.5. The predicted octanol–water partition coefficient (Wildman–Crippen LogP) is 5.48. The zero-order valence-corrected chi connectivity index (χ0v) is 17.8. The first kappa shape index (κ1) is 21.5. The second-order valence-corrected chi connectivity index (χ2v) is 7.13. The Morgan fingerprint density at radius 2 is 1.53 bits per heavy atom. The minimum atomic E-state index is -0.653. The summed E-state index contributed by atoms with van der Waals surface area (Å²) in [7, 11) is 0. The van der Waals surface area contributed by atoms with Crippen molar-refractivity contribution in [3.05, 3.63) is 66.5 Å². The molecule has 0 saturated carbocycles. The Hall–Kier alpha value is -3.21. The SMILES string of the molecule is CCCCc1ccc(-c2cnc(-c3ccc(OC(C)C(=O)OCC)cc3)nc2)cc1. The molecule has 1 heterocycles. The van der Waals surface area contributed by atoms with Crippen LogP contribution < -0.4 is 4.74 Å². The van der Waals surface area contributed by atoms with E-state index in [9.17, 15) is 4.79 Å². The third kappa shape index (κ3) is 5.66. The summed E-state index contributed by atoms with van der Waals surface area (Å²) in [6.45, 7) is 5.98. The Morgan fingerprint density at radius 1 is 0.900 bits per heavy atom. The lowest BCUT2D eigenvalue weighted by Gasteiger charge is -2.13. The summed E-state index contributed by atoms with van der Waals surface area (Å²) >= 11 is 0. The largest absolute Gasteiger partial charge is 0.479 e. The number of carbonyl (C=O) groups excluding carboxylic acids is 1. The van der Waals surface area contributed by atoms with Crippen LogP contribution in [0.25, 0.3) is 22.5 Å². The summed E-state index contributed by atoms with van der Waals surface area (Å²) in [4.78, 5) is 20.7. The Labute approximate surface area is 178 Å². The second kappa shape index (κ2) is 10.5. The molecule has 0 amide bonds. The van der Waals surface area contributed by atoms with Gasteiger partial charge in [0, 0.05) is 23.5 Å². The van der Waals surface area contributed by atoms with Crippen LogP contribution in [0.3, 0.4) is 0 Å².